The lowest BCUT2D eigenvalue weighted by molar-refractivity contribution is -0.123. The lowest BCUT2D eigenvalue weighted by atomic mass is 10.1. The van der Waals surface area contributed by atoms with Crippen molar-refractivity contribution in [1.29, 1.82) is 0 Å². The maximum absolute atomic E-state index is 13.4. The van der Waals surface area contributed by atoms with E-state index in [0.29, 0.717) is 35.6 Å². The summed E-state index contributed by atoms with van der Waals surface area (Å²) < 4.78 is 18.1. The zero-order valence-corrected chi connectivity index (χ0v) is 21.0. The van der Waals surface area contributed by atoms with E-state index < -0.39 is 0 Å². The van der Waals surface area contributed by atoms with Gasteiger partial charge in [-0.05, 0) is 54.4 Å². The summed E-state index contributed by atoms with van der Waals surface area (Å²) in [7, 11) is 3.19. The number of hydrogen-bond donors (Lipinski definition) is 1. The number of fused-ring (bicyclic) bond motifs is 5. The van der Waals surface area contributed by atoms with E-state index in [4.69, 9.17) is 14.2 Å². The van der Waals surface area contributed by atoms with Gasteiger partial charge in [0.05, 0.1) is 30.8 Å². The van der Waals surface area contributed by atoms with Crippen molar-refractivity contribution in [2.24, 2.45) is 0 Å². The number of benzene rings is 3. The number of amides is 1. The molecule has 1 amide bonds. The van der Waals surface area contributed by atoms with Gasteiger partial charge in [0.1, 0.15) is 5.75 Å². The highest BCUT2D eigenvalue weighted by atomic mass is 16.5. The number of ether oxygens (including phenoxy) is 3. The SMILES string of the molecule is COc1ccc(CCNC(=O)COc2ccc3c(c2)c2ccnc4c5ccccc5c(=O)n3c24)cc1OC. The molecule has 1 N–H and O–H groups in total. The third-order valence-corrected chi connectivity index (χ3v) is 6.82. The topological polar surface area (TPSA) is 91.2 Å². The molecular weight excluding hydrogens is 482 g/mol. The molecule has 6 rings (SSSR count). The first-order chi connectivity index (χ1) is 18.6. The first kappa shape index (κ1) is 23.5. The third-order valence-electron chi connectivity index (χ3n) is 6.82. The van der Waals surface area contributed by atoms with Crippen molar-refractivity contribution in [2.75, 3.05) is 27.4 Å². The van der Waals surface area contributed by atoms with E-state index in [2.05, 4.69) is 10.3 Å². The average molecular weight is 508 g/mol. The normalized spacial score (nSPS) is 11.4. The summed E-state index contributed by atoms with van der Waals surface area (Å²) in [5, 5.41) is 6.13. The second-order valence-electron chi connectivity index (χ2n) is 9.00. The molecule has 0 saturated heterocycles. The van der Waals surface area contributed by atoms with Gasteiger partial charge in [-0.2, -0.15) is 0 Å². The number of aromatic nitrogens is 2. The number of carbonyl (C=O) groups is 1. The second kappa shape index (κ2) is 9.55. The molecule has 38 heavy (non-hydrogen) atoms. The van der Waals surface area contributed by atoms with Crippen molar-refractivity contribution in [2.45, 2.75) is 6.42 Å². The van der Waals surface area contributed by atoms with Crippen LogP contribution in [0.3, 0.4) is 0 Å². The molecule has 0 aliphatic carbocycles. The summed E-state index contributed by atoms with van der Waals surface area (Å²) in [4.78, 5) is 30.4. The standard InChI is InChI=1S/C30H25N3O5/c1-36-25-10-7-18(15-26(25)37-2)11-13-31-27(34)17-38-19-8-9-24-23(16-19)21-12-14-32-28-20-5-3-4-6-22(20)30(35)33(24)29(21)28/h3-10,12,14-16H,11,13,17H2,1-2H3,(H,31,34). The molecule has 8 heteroatoms. The molecule has 0 atom stereocenters. The minimum atomic E-state index is -0.219. The number of pyridine rings is 2. The number of methoxy groups -OCH3 is 2. The van der Waals surface area contributed by atoms with Crippen LogP contribution in [0.25, 0.3) is 38.1 Å². The Morgan fingerprint density at radius 1 is 0.895 bits per heavy atom. The van der Waals surface area contributed by atoms with E-state index in [9.17, 15) is 9.59 Å². The van der Waals surface area contributed by atoms with Crippen molar-refractivity contribution < 1.29 is 19.0 Å². The first-order valence-corrected chi connectivity index (χ1v) is 12.3. The molecule has 0 aliphatic heterocycles. The Hall–Kier alpha value is -4.85. The number of carbonyl (C=O) groups excluding carboxylic acids is 1. The minimum Gasteiger partial charge on any atom is -0.493 e. The maximum Gasteiger partial charge on any atom is 0.263 e. The van der Waals surface area contributed by atoms with Gasteiger partial charge in [-0.15, -0.1) is 0 Å². The molecule has 0 unspecified atom stereocenters. The smallest absolute Gasteiger partial charge is 0.263 e. The summed E-state index contributed by atoms with van der Waals surface area (Å²) in [6.07, 6.45) is 2.40. The Balaban J connectivity index is 1.20. The molecule has 0 radical (unpaired) electrons. The predicted molar refractivity (Wildman–Crippen MR) is 147 cm³/mol. The van der Waals surface area contributed by atoms with Crippen molar-refractivity contribution in [3.63, 3.8) is 0 Å². The number of rotatable bonds is 8. The Kier molecular flexibility index (Phi) is 5.92. The summed E-state index contributed by atoms with van der Waals surface area (Å²) in [5.41, 5.74) is 3.29. The van der Waals surface area contributed by atoms with Crippen LogP contribution in [0, 0.1) is 0 Å². The molecule has 190 valence electrons. The van der Waals surface area contributed by atoms with Crippen LogP contribution in [0.5, 0.6) is 17.2 Å². The van der Waals surface area contributed by atoms with Crippen molar-refractivity contribution in [3.8, 4) is 17.2 Å². The summed E-state index contributed by atoms with van der Waals surface area (Å²) in [6.45, 7) is 0.343. The van der Waals surface area contributed by atoms with Crippen molar-refractivity contribution >= 4 is 44.0 Å². The summed E-state index contributed by atoms with van der Waals surface area (Å²) >= 11 is 0. The van der Waals surface area contributed by atoms with E-state index in [0.717, 1.165) is 38.3 Å². The first-order valence-electron chi connectivity index (χ1n) is 12.3. The van der Waals surface area contributed by atoms with E-state index in [1.54, 1.807) is 30.9 Å². The van der Waals surface area contributed by atoms with Crippen LogP contribution in [-0.4, -0.2) is 42.7 Å². The van der Waals surface area contributed by atoms with Crippen LogP contribution in [-0.2, 0) is 11.2 Å². The van der Waals surface area contributed by atoms with E-state index >= 15 is 0 Å². The van der Waals surface area contributed by atoms with Gasteiger partial charge >= 0.3 is 0 Å². The quantitative estimate of drug-likeness (QED) is 0.308. The fourth-order valence-electron chi connectivity index (χ4n) is 5.02. The van der Waals surface area contributed by atoms with Gasteiger partial charge in [-0.1, -0.05) is 24.3 Å². The third kappa shape index (κ3) is 3.91. The van der Waals surface area contributed by atoms with Gasteiger partial charge in [0.2, 0.25) is 0 Å². The van der Waals surface area contributed by atoms with Crippen molar-refractivity contribution in [1.82, 2.24) is 14.7 Å². The monoisotopic (exact) mass is 507 g/mol. The zero-order valence-electron chi connectivity index (χ0n) is 21.0. The van der Waals surface area contributed by atoms with Crippen LogP contribution < -0.4 is 25.1 Å². The molecule has 0 saturated carbocycles. The van der Waals surface area contributed by atoms with Crippen LogP contribution in [0.4, 0.5) is 0 Å². The Labute approximate surface area is 217 Å². The molecule has 3 aromatic carbocycles. The van der Waals surface area contributed by atoms with Gasteiger partial charge in [-0.25, -0.2) is 0 Å². The molecule has 3 aromatic heterocycles. The Bertz CT molecular complexity index is 1880. The average Bonchev–Trinajstić information content (AvgIpc) is 3.29. The largest absolute Gasteiger partial charge is 0.493 e. The lowest BCUT2D eigenvalue weighted by Gasteiger charge is -2.10. The molecule has 0 bridgehead atoms. The van der Waals surface area contributed by atoms with Crippen molar-refractivity contribution in [3.05, 3.63) is 88.8 Å². The molecule has 8 nitrogen and oxygen atoms in total. The van der Waals surface area contributed by atoms with E-state index in [1.807, 2.05) is 60.7 Å². The molecule has 6 aromatic rings. The van der Waals surface area contributed by atoms with Gasteiger partial charge in [-0.3, -0.25) is 19.0 Å². The summed E-state index contributed by atoms with van der Waals surface area (Å²) in [6, 6.07) is 20.6. The highest BCUT2D eigenvalue weighted by Crippen LogP contribution is 2.34. The van der Waals surface area contributed by atoms with Crippen LogP contribution in [0.15, 0.2) is 77.7 Å². The second-order valence-corrected chi connectivity index (χ2v) is 9.00. The molecule has 3 heterocycles. The number of nitrogens with one attached hydrogen (secondary N) is 1. The number of nitrogens with zero attached hydrogens (tertiary/aromatic N) is 2. The van der Waals surface area contributed by atoms with Crippen LogP contribution >= 0.6 is 0 Å². The van der Waals surface area contributed by atoms with E-state index in [-0.39, 0.29) is 18.1 Å². The number of hydrogen-bond acceptors (Lipinski definition) is 6. The fraction of sp³-hybridized carbons (Fsp3) is 0.167. The maximum atomic E-state index is 13.4. The zero-order chi connectivity index (χ0) is 26.2. The Morgan fingerprint density at radius 2 is 1.71 bits per heavy atom. The van der Waals surface area contributed by atoms with Gasteiger partial charge < -0.3 is 19.5 Å². The molecule has 0 fully saturated rings. The van der Waals surface area contributed by atoms with Crippen LogP contribution in [0.1, 0.15) is 5.56 Å². The highest BCUT2D eigenvalue weighted by molar-refractivity contribution is 6.18. The molecule has 0 aliphatic rings. The van der Waals surface area contributed by atoms with Crippen LogP contribution in [0.2, 0.25) is 0 Å². The summed E-state index contributed by atoms with van der Waals surface area (Å²) in [5.74, 6) is 1.65. The van der Waals surface area contributed by atoms with Gasteiger partial charge in [0, 0.05) is 34.3 Å². The lowest BCUT2D eigenvalue weighted by Crippen LogP contribution is -2.30. The van der Waals surface area contributed by atoms with Gasteiger partial charge in [0.15, 0.2) is 18.1 Å². The highest BCUT2D eigenvalue weighted by Gasteiger charge is 2.18. The Morgan fingerprint density at radius 3 is 2.53 bits per heavy atom. The molecular formula is C30H25N3O5. The minimum absolute atomic E-state index is 0.0800. The molecule has 0 spiro atoms. The predicted octanol–water partition coefficient (Wildman–Crippen LogP) is 4.35. The fourth-order valence-corrected chi connectivity index (χ4v) is 5.02. The van der Waals surface area contributed by atoms with E-state index in [1.165, 1.54) is 0 Å². The van der Waals surface area contributed by atoms with Gasteiger partial charge in [0.25, 0.3) is 11.5 Å².